The molecule has 0 spiro atoms. The van der Waals surface area contributed by atoms with Crippen LogP contribution in [-0.4, -0.2) is 21.0 Å². The summed E-state index contributed by atoms with van der Waals surface area (Å²) < 4.78 is 1.71. The summed E-state index contributed by atoms with van der Waals surface area (Å²) in [6, 6.07) is 6.31. The fraction of sp³-hybridized carbons (Fsp3) is 0.385. The van der Waals surface area contributed by atoms with E-state index in [1.807, 2.05) is 31.3 Å². The highest BCUT2D eigenvalue weighted by Crippen LogP contribution is 2.20. The minimum atomic E-state index is 0.429. The van der Waals surface area contributed by atoms with Crippen molar-refractivity contribution in [1.29, 1.82) is 0 Å². The smallest absolute Gasteiger partial charge is 0.0969 e. The zero-order valence-electron chi connectivity index (χ0n) is 10.8. The Kier molecular flexibility index (Phi) is 3.99. The van der Waals surface area contributed by atoms with Crippen LogP contribution in [0.3, 0.4) is 0 Å². The third-order valence-electron chi connectivity index (χ3n) is 2.58. The number of nitrogens with one attached hydrogen (secondary N) is 1. The van der Waals surface area contributed by atoms with Gasteiger partial charge in [0, 0.05) is 12.6 Å². The highest BCUT2D eigenvalue weighted by Gasteiger charge is 2.06. The topological polar surface area (TPSA) is 42.7 Å². The molecule has 0 aliphatic heterocycles. The lowest BCUT2D eigenvalue weighted by Crippen LogP contribution is -2.21. The van der Waals surface area contributed by atoms with Gasteiger partial charge in [-0.1, -0.05) is 36.7 Å². The Labute approximate surface area is 112 Å². The van der Waals surface area contributed by atoms with E-state index in [-0.39, 0.29) is 0 Å². The lowest BCUT2D eigenvalue weighted by molar-refractivity contribution is 0.580. The second-order valence-electron chi connectivity index (χ2n) is 4.64. The van der Waals surface area contributed by atoms with E-state index in [2.05, 4.69) is 29.5 Å². The molecule has 0 bridgehead atoms. The summed E-state index contributed by atoms with van der Waals surface area (Å²) in [6.45, 7) is 6.92. The Hall–Kier alpha value is -1.39. The molecule has 18 heavy (non-hydrogen) atoms. The molecule has 2 aromatic rings. The average molecular weight is 265 g/mol. The van der Waals surface area contributed by atoms with Gasteiger partial charge in [0.25, 0.3) is 0 Å². The molecule has 5 heteroatoms. The van der Waals surface area contributed by atoms with Gasteiger partial charge in [0.1, 0.15) is 0 Å². The maximum Gasteiger partial charge on any atom is 0.0969 e. The van der Waals surface area contributed by atoms with Gasteiger partial charge in [0.05, 0.1) is 22.6 Å². The molecule has 2 rings (SSSR count). The zero-order chi connectivity index (χ0) is 13.1. The van der Waals surface area contributed by atoms with Crippen LogP contribution in [0.25, 0.3) is 5.69 Å². The van der Waals surface area contributed by atoms with E-state index in [4.69, 9.17) is 11.6 Å². The Morgan fingerprint density at radius 3 is 2.83 bits per heavy atom. The molecule has 0 amide bonds. The number of aryl methyl sites for hydroxylation is 1. The van der Waals surface area contributed by atoms with Crippen molar-refractivity contribution < 1.29 is 0 Å². The predicted molar refractivity (Wildman–Crippen MR) is 73.1 cm³/mol. The van der Waals surface area contributed by atoms with Crippen LogP contribution in [0.15, 0.2) is 24.4 Å². The molecule has 1 heterocycles. The maximum absolute atomic E-state index is 6.20. The molecule has 0 radical (unpaired) electrons. The van der Waals surface area contributed by atoms with Gasteiger partial charge in [-0.2, -0.15) is 0 Å². The fourth-order valence-corrected chi connectivity index (χ4v) is 1.93. The molecular formula is C13H17ClN4. The number of aromatic nitrogens is 3. The molecule has 96 valence electrons. The summed E-state index contributed by atoms with van der Waals surface area (Å²) in [4.78, 5) is 0. The van der Waals surface area contributed by atoms with Gasteiger partial charge in [-0.05, 0) is 24.6 Å². The van der Waals surface area contributed by atoms with E-state index in [1.54, 1.807) is 4.68 Å². The second kappa shape index (κ2) is 5.50. The van der Waals surface area contributed by atoms with Gasteiger partial charge >= 0.3 is 0 Å². The molecule has 0 atom stereocenters. The Morgan fingerprint density at radius 2 is 2.17 bits per heavy atom. The average Bonchev–Trinajstić information content (AvgIpc) is 2.75. The van der Waals surface area contributed by atoms with Crippen molar-refractivity contribution in [2.24, 2.45) is 0 Å². The quantitative estimate of drug-likeness (QED) is 0.923. The first-order chi connectivity index (χ1) is 8.56. The summed E-state index contributed by atoms with van der Waals surface area (Å²) in [5.74, 6) is 0. The molecule has 0 saturated heterocycles. The van der Waals surface area contributed by atoms with Crippen LogP contribution in [0.2, 0.25) is 5.02 Å². The van der Waals surface area contributed by atoms with Crippen LogP contribution in [0.1, 0.15) is 25.1 Å². The number of halogens is 1. The molecule has 0 saturated carbocycles. The Morgan fingerprint density at radius 1 is 1.39 bits per heavy atom. The molecule has 0 aliphatic carbocycles. The fourth-order valence-electron chi connectivity index (χ4n) is 1.60. The van der Waals surface area contributed by atoms with Gasteiger partial charge < -0.3 is 5.32 Å². The minimum Gasteiger partial charge on any atom is -0.309 e. The highest BCUT2D eigenvalue weighted by atomic mass is 35.5. The molecule has 0 fully saturated rings. The monoisotopic (exact) mass is 264 g/mol. The number of nitrogens with zero attached hydrogens (tertiary/aromatic N) is 3. The van der Waals surface area contributed by atoms with Crippen molar-refractivity contribution in [3.63, 3.8) is 0 Å². The summed E-state index contributed by atoms with van der Waals surface area (Å²) in [5.41, 5.74) is 2.89. The second-order valence-corrected chi connectivity index (χ2v) is 5.05. The van der Waals surface area contributed by atoms with Crippen molar-refractivity contribution >= 4 is 11.6 Å². The first-order valence-electron chi connectivity index (χ1n) is 5.97. The van der Waals surface area contributed by atoms with Crippen molar-refractivity contribution in [3.8, 4) is 5.69 Å². The standard InChI is InChI=1S/C13H17ClN4/c1-9(2)15-7-11-8-18(17-16-11)13-5-4-10(3)6-12(13)14/h4-6,8-9,15H,7H2,1-3H3. The Bertz CT molecular complexity index is 534. The minimum absolute atomic E-state index is 0.429. The van der Waals surface area contributed by atoms with E-state index >= 15 is 0 Å². The number of hydrogen-bond acceptors (Lipinski definition) is 3. The maximum atomic E-state index is 6.20. The largest absolute Gasteiger partial charge is 0.309 e. The van der Waals surface area contributed by atoms with Crippen molar-refractivity contribution in [2.75, 3.05) is 0 Å². The molecule has 0 unspecified atom stereocenters. The van der Waals surface area contributed by atoms with Gasteiger partial charge in [-0.25, -0.2) is 4.68 Å². The number of hydrogen-bond donors (Lipinski definition) is 1. The van der Waals surface area contributed by atoms with E-state index in [0.29, 0.717) is 17.6 Å². The molecule has 1 aromatic heterocycles. The van der Waals surface area contributed by atoms with E-state index < -0.39 is 0 Å². The summed E-state index contributed by atoms with van der Waals surface area (Å²) in [6.07, 6.45) is 1.89. The number of benzene rings is 1. The molecule has 0 aliphatic rings. The van der Waals surface area contributed by atoms with E-state index in [0.717, 1.165) is 16.9 Å². The summed E-state index contributed by atoms with van der Waals surface area (Å²) >= 11 is 6.20. The molecule has 1 N–H and O–H groups in total. The SMILES string of the molecule is Cc1ccc(-n2cc(CNC(C)C)nn2)c(Cl)c1. The van der Waals surface area contributed by atoms with E-state index in [1.165, 1.54) is 0 Å². The van der Waals surface area contributed by atoms with Crippen LogP contribution < -0.4 is 5.32 Å². The van der Waals surface area contributed by atoms with Gasteiger partial charge in [-0.3, -0.25) is 0 Å². The summed E-state index contributed by atoms with van der Waals surface area (Å²) in [7, 11) is 0. The first kappa shape index (κ1) is 13.1. The van der Waals surface area contributed by atoms with Crippen molar-refractivity contribution in [3.05, 3.63) is 40.7 Å². The third-order valence-corrected chi connectivity index (χ3v) is 2.89. The van der Waals surface area contributed by atoms with E-state index in [9.17, 15) is 0 Å². The highest BCUT2D eigenvalue weighted by molar-refractivity contribution is 6.32. The Balaban J connectivity index is 2.18. The van der Waals surface area contributed by atoms with Crippen LogP contribution in [0.5, 0.6) is 0 Å². The van der Waals surface area contributed by atoms with Gasteiger partial charge in [0.2, 0.25) is 0 Å². The number of rotatable bonds is 4. The van der Waals surface area contributed by atoms with Gasteiger partial charge in [0.15, 0.2) is 0 Å². The lowest BCUT2D eigenvalue weighted by atomic mass is 10.2. The normalized spacial score (nSPS) is 11.2. The van der Waals surface area contributed by atoms with Crippen LogP contribution >= 0.6 is 11.6 Å². The third kappa shape index (κ3) is 3.09. The lowest BCUT2D eigenvalue weighted by Gasteiger charge is -2.05. The van der Waals surface area contributed by atoms with Crippen molar-refractivity contribution in [2.45, 2.75) is 33.4 Å². The molecule has 4 nitrogen and oxygen atoms in total. The molecule has 1 aromatic carbocycles. The zero-order valence-corrected chi connectivity index (χ0v) is 11.6. The first-order valence-corrected chi connectivity index (χ1v) is 6.35. The summed E-state index contributed by atoms with van der Waals surface area (Å²) in [5, 5.41) is 12.2. The molecular weight excluding hydrogens is 248 g/mol. The van der Waals surface area contributed by atoms with Crippen LogP contribution in [-0.2, 0) is 6.54 Å². The van der Waals surface area contributed by atoms with Crippen LogP contribution in [0.4, 0.5) is 0 Å². The van der Waals surface area contributed by atoms with Crippen molar-refractivity contribution in [1.82, 2.24) is 20.3 Å². The van der Waals surface area contributed by atoms with Gasteiger partial charge in [-0.15, -0.1) is 5.10 Å². The van der Waals surface area contributed by atoms with Crippen LogP contribution in [0, 0.1) is 6.92 Å². The predicted octanol–water partition coefficient (Wildman–Crippen LogP) is 2.73.